The highest BCUT2D eigenvalue weighted by Gasteiger charge is 2.13. The molecular formula is C22H36N4O3. The first-order valence-electron chi connectivity index (χ1n) is 10.2. The normalized spacial score (nSPS) is 12.6. The Kier molecular flexibility index (Phi) is 8.95. The van der Waals surface area contributed by atoms with Gasteiger partial charge in [-0.25, -0.2) is 0 Å². The standard InChI is InChI=1S/C22H36N4O3/c1-15(2)26(5)13-19(27)14-29-22-11-18(7-8-21(22)28-6)12-23-10-9-20-16(3)24-25-17(20)4/h7-8,11,15,19,23,27H,9-10,12-14H2,1-6H3,(H,24,25). The van der Waals surface area contributed by atoms with E-state index < -0.39 is 6.10 Å². The van der Waals surface area contributed by atoms with E-state index in [1.54, 1.807) is 7.11 Å². The van der Waals surface area contributed by atoms with Crippen LogP contribution in [0, 0.1) is 13.8 Å². The molecule has 0 bridgehead atoms. The zero-order valence-corrected chi connectivity index (χ0v) is 18.6. The highest BCUT2D eigenvalue weighted by Crippen LogP contribution is 2.28. The number of likely N-dealkylation sites (N-methyl/N-ethyl adjacent to an activating group) is 1. The molecule has 0 saturated heterocycles. The number of hydrogen-bond acceptors (Lipinski definition) is 6. The van der Waals surface area contributed by atoms with Gasteiger partial charge in [0.2, 0.25) is 0 Å². The van der Waals surface area contributed by atoms with Crippen molar-refractivity contribution in [1.82, 2.24) is 20.4 Å². The van der Waals surface area contributed by atoms with Crippen LogP contribution < -0.4 is 14.8 Å². The number of nitrogens with zero attached hydrogens (tertiary/aromatic N) is 2. The molecule has 29 heavy (non-hydrogen) atoms. The first-order valence-corrected chi connectivity index (χ1v) is 10.2. The van der Waals surface area contributed by atoms with Crippen LogP contribution >= 0.6 is 0 Å². The van der Waals surface area contributed by atoms with E-state index in [1.807, 2.05) is 32.2 Å². The molecule has 7 heteroatoms. The fraction of sp³-hybridized carbons (Fsp3) is 0.591. The maximum absolute atomic E-state index is 10.2. The number of aliphatic hydroxyl groups excluding tert-OH is 1. The Morgan fingerprint density at radius 3 is 2.62 bits per heavy atom. The molecule has 162 valence electrons. The molecule has 0 saturated carbocycles. The maximum atomic E-state index is 10.2. The number of aryl methyl sites for hydroxylation is 2. The summed E-state index contributed by atoms with van der Waals surface area (Å²) in [5.74, 6) is 1.32. The zero-order valence-electron chi connectivity index (χ0n) is 18.6. The Labute approximate surface area is 174 Å². The molecule has 0 aliphatic heterocycles. The minimum atomic E-state index is -0.560. The van der Waals surface area contributed by atoms with Gasteiger partial charge in [0, 0.05) is 24.8 Å². The number of aromatic amines is 1. The molecule has 0 radical (unpaired) electrons. The number of rotatable bonds is 12. The van der Waals surface area contributed by atoms with Gasteiger partial charge in [0.05, 0.1) is 12.8 Å². The van der Waals surface area contributed by atoms with E-state index >= 15 is 0 Å². The number of hydrogen-bond donors (Lipinski definition) is 3. The molecule has 1 unspecified atom stereocenters. The summed E-state index contributed by atoms with van der Waals surface area (Å²) < 4.78 is 11.3. The fourth-order valence-electron chi connectivity index (χ4n) is 3.11. The molecule has 0 fully saturated rings. The van der Waals surface area contributed by atoms with Crippen molar-refractivity contribution in [3.05, 3.63) is 40.7 Å². The third kappa shape index (κ3) is 7.03. The smallest absolute Gasteiger partial charge is 0.161 e. The van der Waals surface area contributed by atoms with Gasteiger partial charge in [-0.15, -0.1) is 0 Å². The largest absolute Gasteiger partial charge is 0.493 e. The molecule has 7 nitrogen and oxygen atoms in total. The highest BCUT2D eigenvalue weighted by molar-refractivity contribution is 5.43. The predicted octanol–water partition coefficient (Wildman–Crippen LogP) is 2.45. The topological polar surface area (TPSA) is 82.6 Å². The van der Waals surface area contributed by atoms with Gasteiger partial charge in [-0.2, -0.15) is 5.10 Å². The summed E-state index contributed by atoms with van der Waals surface area (Å²) in [6.45, 7) is 10.7. The van der Waals surface area contributed by atoms with Gasteiger partial charge < -0.3 is 24.8 Å². The number of H-pyrrole nitrogens is 1. The van der Waals surface area contributed by atoms with Crippen molar-refractivity contribution >= 4 is 0 Å². The van der Waals surface area contributed by atoms with E-state index in [0.717, 1.165) is 36.5 Å². The number of aliphatic hydroxyl groups is 1. The summed E-state index contributed by atoms with van der Waals surface area (Å²) in [4.78, 5) is 2.09. The lowest BCUT2D eigenvalue weighted by Crippen LogP contribution is -2.37. The molecule has 1 heterocycles. The van der Waals surface area contributed by atoms with E-state index in [-0.39, 0.29) is 6.61 Å². The lowest BCUT2D eigenvalue weighted by Gasteiger charge is -2.24. The van der Waals surface area contributed by atoms with Gasteiger partial charge in [0.1, 0.15) is 12.7 Å². The van der Waals surface area contributed by atoms with E-state index in [9.17, 15) is 5.11 Å². The first kappa shape index (κ1) is 23.2. The summed E-state index contributed by atoms with van der Waals surface area (Å²) in [5, 5.41) is 21.0. The molecule has 1 aromatic heterocycles. The van der Waals surface area contributed by atoms with Crippen LogP contribution in [0.25, 0.3) is 0 Å². The van der Waals surface area contributed by atoms with Crippen molar-refractivity contribution < 1.29 is 14.6 Å². The lowest BCUT2D eigenvalue weighted by molar-refractivity contribution is 0.0668. The van der Waals surface area contributed by atoms with Gasteiger partial charge in [-0.05, 0) is 71.0 Å². The summed E-state index contributed by atoms with van der Waals surface area (Å²) >= 11 is 0. The van der Waals surface area contributed by atoms with Gasteiger partial charge in [0.25, 0.3) is 0 Å². The minimum Gasteiger partial charge on any atom is -0.493 e. The lowest BCUT2D eigenvalue weighted by atomic mass is 10.1. The molecule has 1 atom stereocenters. The van der Waals surface area contributed by atoms with Crippen molar-refractivity contribution in [2.45, 2.75) is 52.8 Å². The third-order valence-corrected chi connectivity index (χ3v) is 5.20. The summed E-state index contributed by atoms with van der Waals surface area (Å²) in [5.41, 5.74) is 4.57. The first-order chi connectivity index (χ1) is 13.8. The van der Waals surface area contributed by atoms with Crippen molar-refractivity contribution in [3.63, 3.8) is 0 Å². The number of aromatic nitrogens is 2. The molecule has 1 aromatic carbocycles. The second-order valence-corrected chi connectivity index (χ2v) is 7.82. The SMILES string of the molecule is COc1ccc(CNCCc2c(C)n[nH]c2C)cc1OCC(O)CN(C)C(C)C. The Balaban J connectivity index is 1.87. The molecule has 2 aromatic rings. The van der Waals surface area contributed by atoms with Crippen molar-refractivity contribution in [3.8, 4) is 11.5 Å². The van der Waals surface area contributed by atoms with Crippen LogP contribution in [0.15, 0.2) is 18.2 Å². The monoisotopic (exact) mass is 404 g/mol. The second-order valence-electron chi connectivity index (χ2n) is 7.82. The Bertz CT molecular complexity index is 741. The molecule has 0 aliphatic rings. The molecule has 0 spiro atoms. The molecule has 2 rings (SSSR count). The Hall–Kier alpha value is -2.09. The van der Waals surface area contributed by atoms with Gasteiger partial charge >= 0.3 is 0 Å². The fourth-order valence-corrected chi connectivity index (χ4v) is 3.11. The quantitative estimate of drug-likeness (QED) is 0.472. The molecule has 0 amide bonds. The van der Waals surface area contributed by atoms with Crippen molar-refractivity contribution in [1.29, 1.82) is 0 Å². The van der Waals surface area contributed by atoms with Crippen LogP contribution in [0.3, 0.4) is 0 Å². The molecule has 0 aliphatic carbocycles. The van der Waals surface area contributed by atoms with E-state index in [0.29, 0.717) is 24.1 Å². The summed E-state index contributed by atoms with van der Waals surface area (Å²) in [6, 6.07) is 6.28. The summed E-state index contributed by atoms with van der Waals surface area (Å²) in [7, 11) is 3.62. The Morgan fingerprint density at radius 1 is 1.24 bits per heavy atom. The number of nitrogens with one attached hydrogen (secondary N) is 2. The van der Waals surface area contributed by atoms with Crippen molar-refractivity contribution in [2.24, 2.45) is 0 Å². The van der Waals surface area contributed by atoms with Gasteiger partial charge in [-0.1, -0.05) is 6.07 Å². The van der Waals surface area contributed by atoms with E-state index in [4.69, 9.17) is 9.47 Å². The van der Waals surface area contributed by atoms with E-state index in [2.05, 4.69) is 41.2 Å². The van der Waals surface area contributed by atoms with Crippen LogP contribution in [0.1, 0.15) is 36.4 Å². The molecular weight excluding hydrogens is 368 g/mol. The maximum Gasteiger partial charge on any atom is 0.161 e. The summed E-state index contributed by atoms with van der Waals surface area (Å²) in [6.07, 6.45) is 0.374. The van der Waals surface area contributed by atoms with Crippen LogP contribution in [0.4, 0.5) is 0 Å². The van der Waals surface area contributed by atoms with E-state index in [1.165, 1.54) is 5.56 Å². The molecule has 3 N–H and O–H groups in total. The predicted molar refractivity (Wildman–Crippen MR) is 116 cm³/mol. The highest BCUT2D eigenvalue weighted by atomic mass is 16.5. The third-order valence-electron chi connectivity index (χ3n) is 5.20. The van der Waals surface area contributed by atoms with Crippen molar-refractivity contribution in [2.75, 3.05) is 33.9 Å². The van der Waals surface area contributed by atoms with Crippen LogP contribution in [-0.2, 0) is 13.0 Å². The average Bonchev–Trinajstić information content (AvgIpc) is 3.01. The average molecular weight is 405 g/mol. The second kappa shape index (κ2) is 11.2. The number of methoxy groups -OCH3 is 1. The minimum absolute atomic E-state index is 0.226. The Morgan fingerprint density at radius 2 is 2.00 bits per heavy atom. The van der Waals surface area contributed by atoms with Crippen LogP contribution in [0.2, 0.25) is 0 Å². The van der Waals surface area contributed by atoms with Crippen LogP contribution in [0.5, 0.6) is 11.5 Å². The number of benzene rings is 1. The van der Waals surface area contributed by atoms with Gasteiger partial charge in [0.15, 0.2) is 11.5 Å². The zero-order chi connectivity index (χ0) is 21.4. The van der Waals surface area contributed by atoms with Gasteiger partial charge in [-0.3, -0.25) is 5.10 Å². The van der Waals surface area contributed by atoms with Crippen LogP contribution in [-0.4, -0.2) is 66.2 Å². The number of ether oxygens (including phenoxy) is 2.